The lowest BCUT2D eigenvalue weighted by molar-refractivity contribution is -0.122. The molecule has 2 aliphatic heterocycles. The average Bonchev–Trinajstić information content (AvgIpc) is 2.65. The molecule has 1 N–H and O–H groups in total. The summed E-state index contributed by atoms with van der Waals surface area (Å²) in [5.74, 6) is 1.06. The molecule has 138 valence electrons. The second-order valence-electron chi connectivity index (χ2n) is 6.38. The molecule has 1 aromatic heterocycles. The molecular weight excluding hydrogens is 322 g/mol. The highest BCUT2D eigenvalue weighted by Gasteiger charge is 2.25. The average molecular weight is 349 g/mol. The summed E-state index contributed by atoms with van der Waals surface area (Å²) in [4.78, 5) is 25.5. The summed E-state index contributed by atoms with van der Waals surface area (Å²) in [6.45, 7) is 6.44. The molecule has 3 heterocycles. The van der Waals surface area contributed by atoms with Crippen LogP contribution in [0, 0.1) is 0 Å². The molecule has 1 saturated heterocycles. The van der Waals surface area contributed by atoms with Crippen molar-refractivity contribution in [1.29, 1.82) is 0 Å². The molecule has 2 aliphatic rings. The Bertz CT molecular complexity index is 577. The number of hydrogen-bond donors (Lipinski definition) is 1. The fraction of sp³-hybridized carbons (Fsp3) is 0.706. The first-order valence-corrected chi connectivity index (χ1v) is 8.91. The molecule has 0 radical (unpaired) electrons. The summed E-state index contributed by atoms with van der Waals surface area (Å²) in [7, 11) is 1.67. The Kier molecular flexibility index (Phi) is 6.55. The number of morpholine rings is 1. The largest absolute Gasteiger partial charge is 0.385 e. The van der Waals surface area contributed by atoms with E-state index in [4.69, 9.17) is 9.47 Å². The minimum absolute atomic E-state index is 0.0596. The number of nitrogens with zero attached hydrogens (tertiary/aromatic N) is 4. The van der Waals surface area contributed by atoms with E-state index in [2.05, 4.69) is 25.1 Å². The highest BCUT2D eigenvalue weighted by atomic mass is 16.5. The highest BCUT2D eigenvalue weighted by molar-refractivity contribution is 5.78. The van der Waals surface area contributed by atoms with Crippen molar-refractivity contribution in [3.8, 4) is 0 Å². The minimum atomic E-state index is 0.0596. The predicted octanol–water partition coefficient (Wildman–Crippen LogP) is -0.176. The van der Waals surface area contributed by atoms with Crippen LogP contribution in [0.2, 0.25) is 0 Å². The fourth-order valence-corrected chi connectivity index (χ4v) is 3.27. The molecule has 0 spiro atoms. The van der Waals surface area contributed by atoms with Gasteiger partial charge in [0, 0.05) is 58.4 Å². The van der Waals surface area contributed by atoms with E-state index in [1.165, 1.54) is 0 Å². The normalized spacial score (nSPS) is 18.0. The van der Waals surface area contributed by atoms with Gasteiger partial charge in [-0.25, -0.2) is 9.97 Å². The summed E-state index contributed by atoms with van der Waals surface area (Å²) in [6, 6.07) is 0. The number of anilines is 1. The van der Waals surface area contributed by atoms with Crippen molar-refractivity contribution in [2.24, 2.45) is 0 Å². The van der Waals surface area contributed by atoms with E-state index >= 15 is 0 Å². The van der Waals surface area contributed by atoms with E-state index < -0.39 is 0 Å². The third-order valence-corrected chi connectivity index (χ3v) is 4.58. The molecule has 1 aromatic rings. The van der Waals surface area contributed by atoms with Gasteiger partial charge >= 0.3 is 0 Å². The molecule has 0 unspecified atom stereocenters. The summed E-state index contributed by atoms with van der Waals surface area (Å²) in [6.07, 6.45) is 3.34. The van der Waals surface area contributed by atoms with Gasteiger partial charge in [-0.2, -0.15) is 0 Å². The summed E-state index contributed by atoms with van der Waals surface area (Å²) >= 11 is 0. The minimum Gasteiger partial charge on any atom is -0.385 e. The van der Waals surface area contributed by atoms with Crippen molar-refractivity contribution in [2.45, 2.75) is 19.4 Å². The second-order valence-corrected chi connectivity index (χ2v) is 6.38. The van der Waals surface area contributed by atoms with Crippen LogP contribution in [0.25, 0.3) is 0 Å². The SMILES string of the molecule is COCCCNC(=O)CN1CCc2ncnc(N3CCOCC3)c2C1. The van der Waals surface area contributed by atoms with Crippen LogP contribution in [-0.4, -0.2) is 80.4 Å². The van der Waals surface area contributed by atoms with Crippen molar-refractivity contribution in [1.82, 2.24) is 20.2 Å². The van der Waals surface area contributed by atoms with Crippen LogP contribution in [-0.2, 0) is 27.2 Å². The van der Waals surface area contributed by atoms with Crippen LogP contribution in [0.3, 0.4) is 0 Å². The summed E-state index contributed by atoms with van der Waals surface area (Å²) in [5, 5.41) is 2.95. The van der Waals surface area contributed by atoms with E-state index in [0.717, 1.165) is 62.8 Å². The number of rotatable bonds is 7. The highest BCUT2D eigenvalue weighted by Crippen LogP contribution is 2.26. The number of ether oxygens (including phenoxy) is 2. The Morgan fingerprint density at radius 3 is 2.96 bits per heavy atom. The van der Waals surface area contributed by atoms with Crippen LogP contribution >= 0.6 is 0 Å². The molecule has 0 saturated carbocycles. The van der Waals surface area contributed by atoms with Gasteiger partial charge < -0.3 is 19.7 Å². The first kappa shape index (κ1) is 18.0. The fourth-order valence-electron chi connectivity index (χ4n) is 3.27. The topological polar surface area (TPSA) is 79.8 Å². The molecule has 1 amide bonds. The van der Waals surface area contributed by atoms with Crippen molar-refractivity contribution in [2.75, 3.05) is 64.6 Å². The monoisotopic (exact) mass is 349 g/mol. The Balaban J connectivity index is 1.59. The van der Waals surface area contributed by atoms with Gasteiger partial charge in [-0.1, -0.05) is 0 Å². The van der Waals surface area contributed by atoms with E-state index in [1.54, 1.807) is 13.4 Å². The van der Waals surface area contributed by atoms with Gasteiger partial charge in [0.2, 0.25) is 5.91 Å². The van der Waals surface area contributed by atoms with E-state index in [0.29, 0.717) is 26.2 Å². The number of methoxy groups -OCH3 is 1. The predicted molar refractivity (Wildman–Crippen MR) is 93.5 cm³/mol. The zero-order valence-corrected chi connectivity index (χ0v) is 14.9. The van der Waals surface area contributed by atoms with Crippen LogP contribution in [0.5, 0.6) is 0 Å². The lowest BCUT2D eigenvalue weighted by Gasteiger charge is -2.33. The maximum absolute atomic E-state index is 12.1. The smallest absolute Gasteiger partial charge is 0.234 e. The molecule has 1 fully saturated rings. The molecule has 8 nitrogen and oxygen atoms in total. The number of fused-ring (bicyclic) bond motifs is 1. The van der Waals surface area contributed by atoms with E-state index in [1.807, 2.05) is 0 Å². The zero-order chi connectivity index (χ0) is 17.5. The van der Waals surface area contributed by atoms with Gasteiger partial charge in [-0.15, -0.1) is 0 Å². The lowest BCUT2D eigenvalue weighted by atomic mass is 10.1. The van der Waals surface area contributed by atoms with Crippen LogP contribution in [0.4, 0.5) is 5.82 Å². The first-order chi connectivity index (χ1) is 12.3. The van der Waals surface area contributed by atoms with Gasteiger partial charge in [-0.3, -0.25) is 9.69 Å². The van der Waals surface area contributed by atoms with Gasteiger partial charge in [0.05, 0.1) is 25.5 Å². The van der Waals surface area contributed by atoms with Gasteiger partial charge in [0.1, 0.15) is 12.1 Å². The van der Waals surface area contributed by atoms with E-state index in [9.17, 15) is 4.79 Å². The third kappa shape index (κ3) is 4.87. The Labute approximate surface area is 148 Å². The Morgan fingerprint density at radius 2 is 2.16 bits per heavy atom. The standard InChI is InChI=1S/C17H27N5O3/c1-24-8-2-4-18-16(23)12-21-5-3-15-14(11-21)17(20-13-19-15)22-6-9-25-10-7-22/h13H,2-12H2,1H3,(H,18,23). The van der Waals surface area contributed by atoms with Crippen LogP contribution in [0.1, 0.15) is 17.7 Å². The molecular formula is C17H27N5O3. The molecule has 0 aromatic carbocycles. The zero-order valence-electron chi connectivity index (χ0n) is 14.9. The van der Waals surface area contributed by atoms with Gasteiger partial charge in [-0.05, 0) is 6.42 Å². The Morgan fingerprint density at radius 1 is 1.32 bits per heavy atom. The number of nitrogens with one attached hydrogen (secondary N) is 1. The molecule has 3 rings (SSSR count). The van der Waals surface area contributed by atoms with Crippen molar-refractivity contribution in [3.05, 3.63) is 17.6 Å². The molecule has 8 heteroatoms. The van der Waals surface area contributed by atoms with Crippen molar-refractivity contribution >= 4 is 11.7 Å². The third-order valence-electron chi connectivity index (χ3n) is 4.58. The van der Waals surface area contributed by atoms with Crippen molar-refractivity contribution in [3.63, 3.8) is 0 Å². The summed E-state index contributed by atoms with van der Waals surface area (Å²) in [5.41, 5.74) is 2.26. The maximum atomic E-state index is 12.1. The molecule has 0 aliphatic carbocycles. The molecule has 0 atom stereocenters. The number of carbonyl (C=O) groups is 1. The van der Waals surface area contributed by atoms with Gasteiger partial charge in [0.25, 0.3) is 0 Å². The second kappa shape index (κ2) is 9.07. The van der Waals surface area contributed by atoms with Crippen LogP contribution < -0.4 is 10.2 Å². The Hall–Kier alpha value is -1.77. The molecule has 25 heavy (non-hydrogen) atoms. The molecule has 0 bridgehead atoms. The number of hydrogen-bond acceptors (Lipinski definition) is 7. The van der Waals surface area contributed by atoms with Crippen molar-refractivity contribution < 1.29 is 14.3 Å². The van der Waals surface area contributed by atoms with Crippen LogP contribution in [0.15, 0.2) is 6.33 Å². The van der Waals surface area contributed by atoms with Gasteiger partial charge in [0.15, 0.2) is 0 Å². The lowest BCUT2D eigenvalue weighted by Crippen LogP contribution is -2.42. The summed E-state index contributed by atoms with van der Waals surface area (Å²) < 4.78 is 10.4. The number of aromatic nitrogens is 2. The first-order valence-electron chi connectivity index (χ1n) is 8.91. The van der Waals surface area contributed by atoms with E-state index in [-0.39, 0.29) is 5.91 Å². The quantitative estimate of drug-likeness (QED) is 0.684. The maximum Gasteiger partial charge on any atom is 0.234 e. The number of carbonyl (C=O) groups excluding carboxylic acids is 1. The number of amides is 1.